The van der Waals surface area contributed by atoms with Gasteiger partial charge in [0.25, 0.3) is 29.3 Å². The van der Waals surface area contributed by atoms with Gasteiger partial charge < -0.3 is 11.1 Å². The van der Waals surface area contributed by atoms with Crippen LogP contribution >= 0.6 is 56.2 Å². The van der Waals surface area contributed by atoms with Gasteiger partial charge in [0.05, 0.1) is 10.0 Å². The van der Waals surface area contributed by atoms with Gasteiger partial charge in [0, 0.05) is 43.9 Å². The van der Waals surface area contributed by atoms with Crippen LogP contribution in [0, 0.1) is 23.3 Å². The zero-order chi connectivity index (χ0) is 34.3. The van der Waals surface area contributed by atoms with Gasteiger partial charge in [0.15, 0.2) is 0 Å². The third-order valence-corrected chi connectivity index (χ3v) is 8.47. The normalized spacial score (nSPS) is 11.0. The van der Waals surface area contributed by atoms with Crippen LogP contribution in [0.2, 0.25) is 10.0 Å². The van der Waals surface area contributed by atoms with Crippen molar-refractivity contribution in [2.24, 2.45) is 0 Å². The van der Waals surface area contributed by atoms with E-state index in [0.717, 1.165) is 42.5 Å². The molecule has 0 radical (unpaired) electrons. The van der Waals surface area contributed by atoms with Gasteiger partial charge >= 0.3 is 0 Å². The highest BCUT2D eigenvalue weighted by molar-refractivity contribution is 8.14. The van der Waals surface area contributed by atoms with Gasteiger partial charge in [-0.3, -0.25) is 9.59 Å². The Labute approximate surface area is 277 Å². The lowest BCUT2D eigenvalue weighted by atomic mass is 10.2. The fraction of sp³-hybridized carbons (Fsp3) is 0. The number of nitrogens with two attached hydrogens (primary N) is 1. The van der Waals surface area contributed by atoms with E-state index in [0.29, 0.717) is 5.69 Å². The summed E-state index contributed by atoms with van der Waals surface area (Å²) in [6.07, 6.45) is 0. The highest BCUT2D eigenvalue weighted by Crippen LogP contribution is 2.24. The molecule has 0 heterocycles. The number of halogens is 9. The molecular weight excluding hydrogens is 754 g/mol. The van der Waals surface area contributed by atoms with Crippen molar-refractivity contribution in [3.05, 3.63) is 117 Å². The van der Waals surface area contributed by atoms with E-state index in [4.69, 9.17) is 61.9 Å². The summed E-state index contributed by atoms with van der Waals surface area (Å²) in [6, 6.07) is 12.9. The van der Waals surface area contributed by atoms with Crippen molar-refractivity contribution < 1.29 is 44.0 Å². The average Bonchev–Trinajstić information content (AvgIpc) is 2.93. The summed E-state index contributed by atoms with van der Waals surface area (Å²) in [7, 11) is 1.47. The van der Waals surface area contributed by atoms with Crippen LogP contribution < -0.4 is 11.1 Å². The second-order valence-corrected chi connectivity index (χ2v) is 14.4. The summed E-state index contributed by atoms with van der Waals surface area (Å²) in [6.45, 7) is 0. The number of rotatable bonds is 5. The van der Waals surface area contributed by atoms with E-state index in [2.05, 4.69) is 5.32 Å². The minimum Gasteiger partial charge on any atom is -0.399 e. The molecule has 0 spiro atoms. The summed E-state index contributed by atoms with van der Waals surface area (Å²) in [4.78, 5) is 21.1. The lowest BCUT2D eigenvalue weighted by Gasteiger charge is -2.07. The first-order valence-corrected chi connectivity index (χ1v) is 17.1. The van der Waals surface area contributed by atoms with Crippen LogP contribution in [0.15, 0.2) is 82.6 Å². The Balaban J connectivity index is 0.000000261. The Kier molecular flexibility index (Phi) is 13.5. The summed E-state index contributed by atoms with van der Waals surface area (Å²) in [5.41, 5.74) is 5.67. The summed E-state index contributed by atoms with van der Waals surface area (Å²) < 4.78 is 95.6. The van der Waals surface area contributed by atoms with Crippen LogP contribution in [-0.4, -0.2) is 28.0 Å². The molecule has 0 atom stereocenters. The first-order valence-electron chi connectivity index (χ1n) is 11.4. The Bertz CT molecular complexity index is 1980. The summed E-state index contributed by atoms with van der Waals surface area (Å²) in [5.74, 6) is -3.93. The molecule has 1 amide bonds. The molecule has 8 nitrogen and oxygen atoms in total. The third kappa shape index (κ3) is 11.6. The largest absolute Gasteiger partial charge is 0.399 e. The summed E-state index contributed by atoms with van der Waals surface area (Å²) in [5, 5.41) is 1.36. The quantitative estimate of drug-likeness (QED) is 0.119. The second-order valence-electron chi connectivity index (χ2n) is 8.20. The molecule has 45 heavy (non-hydrogen) atoms. The molecular formula is C26H15Cl5F4N2O6S2. The molecule has 0 unspecified atom stereocenters. The zero-order valence-corrected chi connectivity index (χ0v) is 27.1. The maximum Gasteiger partial charge on any atom is 0.264 e. The minimum atomic E-state index is -4.33. The van der Waals surface area contributed by atoms with Gasteiger partial charge in [0.1, 0.15) is 33.1 Å². The Morgan fingerprint density at radius 2 is 1.04 bits per heavy atom. The molecule has 4 aromatic rings. The highest BCUT2D eigenvalue weighted by atomic mass is 35.7. The number of hydrogen-bond acceptors (Lipinski definition) is 7. The number of nitrogens with one attached hydrogen (secondary N) is 1. The number of nitrogen functional groups attached to an aromatic ring is 1. The van der Waals surface area contributed by atoms with Crippen molar-refractivity contribution in [1.82, 2.24) is 0 Å². The zero-order valence-electron chi connectivity index (χ0n) is 21.7. The van der Waals surface area contributed by atoms with E-state index < -0.39 is 62.3 Å². The Morgan fingerprint density at radius 1 is 0.622 bits per heavy atom. The van der Waals surface area contributed by atoms with Gasteiger partial charge in [-0.05, 0) is 84.4 Å². The SMILES string of the molecule is Nc1ccc(F)c(Cl)c1.O=C(Cl)c1ccc(F)c(S(=O)(=O)Cl)c1.O=C(Nc1ccc(F)c(Cl)c1)c1ccc(F)c(S(=O)(=O)Cl)c1. The van der Waals surface area contributed by atoms with Crippen LogP contribution in [0.25, 0.3) is 0 Å². The monoisotopic (exact) mass is 766 g/mol. The molecule has 19 heteroatoms. The first kappa shape index (κ1) is 38.1. The first-order chi connectivity index (χ1) is 20.7. The van der Waals surface area contributed by atoms with Crippen molar-refractivity contribution >= 4 is 96.8 Å². The molecule has 4 rings (SSSR count). The van der Waals surface area contributed by atoms with Crippen molar-refractivity contribution in [2.45, 2.75) is 9.79 Å². The second kappa shape index (κ2) is 15.9. The van der Waals surface area contributed by atoms with E-state index in [1.807, 2.05) is 0 Å². The number of carbonyl (C=O) groups is 2. The maximum atomic E-state index is 13.4. The molecule has 0 saturated heterocycles. The topological polar surface area (TPSA) is 140 Å². The number of anilines is 2. The number of hydrogen-bond donors (Lipinski definition) is 2. The highest BCUT2D eigenvalue weighted by Gasteiger charge is 2.20. The van der Waals surface area contributed by atoms with Crippen molar-refractivity contribution in [1.29, 1.82) is 0 Å². The molecule has 0 aliphatic rings. The average molecular weight is 769 g/mol. The van der Waals surface area contributed by atoms with Crippen molar-refractivity contribution in [2.75, 3.05) is 11.1 Å². The molecule has 3 N–H and O–H groups in total. The van der Waals surface area contributed by atoms with Gasteiger partial charge in [-0.2, -0.15) is 0 Å². The maximum absolute atomic E-state index is 13.4. The lowest BCUT2D eigenvalue weighted by molar-refractivity contribution is 0.102. The van der Waals surface area contributed by atoms with Gasteiger partial charge in [-0.15, -0.1) is 0 Å². The molecule has 0 fully saturated rings. The smallest absolute Gasteiger partial charge is 0.264 e. The van der Waals surface area contributed by atoms with Crippen LogP contribution in [-0.2, 0) is 18.1 Å². The third-order valence-electron chi connectivity index (χ3n) is 5.00. The van der Waals surface area contributed by atoms with E-state index in [-0.39, 0.29) is 26.9 Å². The van der Waals surface area contributed by atoms with Gasteiger partial charge in [-0.25, -0.2) is 34.4 Å². The van der Waals surface area contributed by atoms with Crippen LogP contribution in [0.3, 0.4) is 0 Å². The molecule has 0 aliphatic heterocycles. The van der Waals surface area contributed by atoms with Crippen molar-refractivity contribution in [3.63, 3.8) is 0 Å². The van der Waals surface area contributed by atoms with Gasteiger partial charge in [0.2, 0.25) is 0 Å². The molecule has 0 aliphatic carbocycles. The standard InChI is InChI=1S/C13H7Cl2F2NO3S.C7H3Cl2FO3S.C6H5ClFN/c14-9-6-8(2-4-10(9)16)18-13(19)7-1-3-11(17)12(5-7)22(15,20)21;8-7(11)4-1-2-5(10)6(3-4)14(9,12)13;7-5-3-4(9)1-2-6(5)8/h1-6H,(H,18,19);1-3H;1-3H,9H2. The van der Waals surface area contributed by atoms with Crippen LogP contribution in [0.4, 0.5) is 28.9 Å². The van der Waals surface area contributed by atoms with E-state index >= 15 is 0 Å². The van der Waals surface area contributed by atoms with E-state index in [1.165, 1.54) is 30.3 Å². The summed E-state index contributed by atoms with van der Waals surface area (Å²) >= 11 is 16.0. The van der Waals surface area contributed by atoms with Crippen LogP contribution in [0.5, 0.6) is 0 Å². The molecule has 0 saturated carbocycles. The number of amides is 1. The number of carbonyl (C=O) groups excluding carboxylic acids is 2. The molecule has 4 aromatic carbocycles. The van der Waals surface area contributed by atoms with E-state index in [9.17, 15) is 44.0 Å². The van der Waals surface area contributed by atoms with Crippen LogP contribution in [0.1, 0.15) is 20.7 Å². The Hall–Kier alpha value is -3.11. The minimum absolute atomic E-state index is 0.0648. The lowest BCUT2D eigenvalue weighted by Crippen LogP contribution is -2.13. The van der Waals surface area contributed by atoms with Crippen molar-refractivity contribution in [3.8, 4) is 0 Å². The molecule has 240 valence electrons. The van der Waals surface area contributed by atoms with E-state index in [1.54, 1.807) is 0 Å². The Morgan fingerprint density at radius 3 is 1.47 bits per heavy atom. The predicted octanol–water partition coefficient (Wildman–Crippen LogP) is 7.99. The molecule has 0 aromatic heterocycles. The van der Waals surface area contributed by atoms with Gasteiger partial charge in [-0.1, -0.05) is 23.2 Å². The fourth-order valence-corrected chi connectivity index (χ4v) is 5.27. The predicted molar refractivity (Wildman–Crippen MR) is 164 cm³/mol. The fourth-order valence-electron chi connectivity index (χ4n) is 2.93. The molecule has 0 bridgehead atoms. The number of benzene rings is 4.